The summed E-state index contributed by atoms with van der Waals surface area (Å²) in [5.74, 6) is 1.36. The summed E-state index contributed by atoms with van der Waals surface area (Å²) < 4.78 is 0. The van der Waals surface area contributed by atoms with Gasteiger partial charge < -0.3 is 10.8 Å². The number of aliphatic hydroxyl groups is 1. The smallest absolute Gasteiger partial charge is 0.0464 e. The average molecular weight is 265 g/mol. The Hall–Kier alpha value is -0.510. The molecule has 0 heterocycles. The van der Waals surface area contributed by atoms with Crippen LogP contribution in [-0.2, 0) is 6.42 Å². The van der Waals surface area contributed by atoms with Crippen LogP contribution in [0.2, 0.25) is 0 Å². The molecule has 0 fully saturated rings. The van der Waals surface area contributed by atoms with Crippen LogP contribution in [0.4, 0.5) is 0 Å². The monoisotopic (exact) mass is 265 g/mol. The van der Waals surface area contributed by atoms with Gasteiger partial charge in [-0.1, -0.05) is 31.2 Å². The van der Waals surface area contributed by atoms with Gasteiger partial charge in [-0.15, -0.1) is 0 Å². The Morgan fingerprint density at radius 3 is 3.00 bits per heavy atom. The first-order valence-corrected chi connectivity index (χ1v) is 7.83. The van der Waals surface area contributed by atoms with Crippen LogP contribution < -0.4 is 5.73 Å². The normalized spacial score (nSPS) is 25.3. The maximum absolute atomic E-state index is 9.10. The quantitative estimate of drug-likeness (QED) is 0.823. The number of aryl methyl sites for hydroxylation is 1. The van der Waals surface area contributed by atoms with Gasteiger partial charge in [0.1, 0.15) is 0 Å². The lowest BCUT2D eigenvalue weighted by Crippen LogP contribution is -2.24. The number of aliphatic hydroxyl groups excluding tert-OH is 1. The minimum atomic E-state index is 0.139. The molecule has 3 unspecified atom stereocenters. The first kappa shape index (κ1) is 13.9. The summed E-state index contributed by atoms with van der Waals surface area (Å²) in [4.78, 5) is 0. The largest absolute Gasteiger partial charge is 0.396 e. The summed E-state index contributed by atoms with van der Waals surface area (Å²) in [6.45, 7) is 2.36. The summed E-state index contributed by atoms with van der Waals surface area (Å²) >= 11 is 1.93. The van der Waals surface area contributed by atoms with Crippen molar-refractivity contribution in [3.05, 3.63) is 35.4 Å². The Bertz CT molecular complexity index is 383. The second kappa shape index (κ2) is 6.60. The number of hydrogen-bond acceptors (Lipinski definition) is 3. The third-order valence-corrected chi connectivity index (χ3v) is 5.37. The van der Waals surface area contributed by atoms with Gasteiger partial charge >= 0.3 is 0 Å². The Morgan fingerprint density at radius 1 is 1.44 bits per heavy atom. The number of benzene rings is 1. The van der Waals surface area contributed by atoms with Crippen molar-refractivity contribution in [3.8, 4) is 0 Å². The lowest BCUT2D eigenvalue weighted by Gasteiger charge is -2.23. The molecule has 0 saturated carbocycles. The van der Waals surface area contributed by atoms with Crippen LogP contribution in [0.15, 0.2) is 24.3 Å². The first-order valence-electron chi connectivity index (χ1n) is 6.78. The number of rotatable bonds is 4. The molecule has 3 atom stereocenters. The third kappa shape index (κ3) is 3.28. The van der Waals surface area contributed by atoms with E-state index in [4.69, 9.17) is 10.8 Å². The van der Waals surface area contributed by atoms with Gasteiger partial charge in [-0.3, -0.25) is 0 Å². The molecule has 3 N–H and O–H groups in total. The Kier molecular flexibility index (Phi) is 5.10. The van der Waals surface area contributed by atoms with Crippen LogP contribution >= 0.6 is 11.8 Å². The molecule has 1 aliphatic carbocycles. The van der Waals surface area contributed by atoms with E-state index in [1.807, 2.05) is 11.8 Å². The molecule has 2 rings (SSSR count). The van der Waals surface area contributed by atoms with Gasteiger partial charge in [-0.05, 0) is 42.1 Å². The molecule has 0 amide bonds. The molecule has 100 valence electrons. The highest BCUT2D eigenvalue weighted by Gasteiger charge is 2.25. The van der Waals surface area contributed by atoms with Gasteiger partial charge in [0, 0.05) is 17.9 Å². The highest BCUT2D eigenvalue weighted by Crippen LogP contribution is 2.34. The van der Waals surface area contributed by atoms with Gasteiger partial charge in [-0.25, -0.2) is 0 Å². The Labute approximate surface area is 114 Å². The summed E-state index contributed by atoms with van der Waals surface area (Å²) in [6.07, 6.45) is 3.55. The van der Waals surface area contributed by atoms with Gasteiger partial charge in [0.15, 0.2) is 0 Å². The molecule has 1 aliphatic rings. The van der Waals surface area contributed by atoms with Crippen LogP contribution in [0.3, 0.4) is 0 Å². The average Bonchev–Trinajstić information content (AvgIpc) is 2.56. The van der Waals surface area contributed by atoms with E-state index in [0.717, 1.165) is 12.2 Å². The Balaban J connectivity index is 2.05. The highest BCUT2D eigenvalue weighted by atomic mass is 32.2. The topological polar surface area (TPSA) is 46.2 Å². The van der Waals surface area contributed by atoms with Crippen LogP contribution in [0.1, 0.15) is 36.9 Å². The van der Waals surface area contributed by atoms with Gasteiger partial charge in [0.2, 0.25) is 0 Å². The second-order valence-electron chi connectivity index (χ2n) is 5.28. The van der Waals surface area contributed by atoms with E-state index in [-0.39, 0.29) is 12.6 Å². The standard InChI is InChI=1S/C15H23NOS/c1-11(9-17)10-18-14-8-4-6-12-5-2-3-7-13(12)15(14)16/h2-3,5,7,11,14-15,17H,4,6,8-10,16H2,1H3. The zero-order valence-electron chi connectivity index (χ0n) is 11.0. The molecule has 0 spiro atoms. The summed E-state index contributed by atoms with van der Waals surface area (Å²) in [5.41, 5.74) is 9.18. The van der Waals surface area contributed by atoms with E-state index in [9.17, 15) is 0 Å². The molecule has 2 nitrogen and oxygen atoms in total. The van der Waals surface area contributed by atoms with E-state index >= 15 is 0 Å². The van der Waals surface area contributed by atoms with E-state index in [0.29, 0.717) is 11.2 Å². The molecule has 0 saturated heterocycles. The van der Waals surface area contributed by atoms with Crippen molar-refractivity contribution in [3.63, 3.8) is 0 Å². The van der Waals surface area contributed by atoms with Crippen LogP contribution in [0.5, 0.6) is 0 Å². The number of hydrogen-bond donors (Lipinski definition) is 2. The van der Waals surface area contributed by atoms with Gasteiger partial charge in [0.25, 0.3) is 0 Å². The minimum absolute atomic E-state index is 0.139. The fourth-order valence-corrected chi connectivity index (χ4v) is 3.86. The second-order valence-corrected chi connectivity index (χ2v) is 6.55. The maximum atomic E-state index is 9.10. The SMILES string of the molecule is CC(CO)CSC1CCCc2ccccc2C1N. The van der Waals surface area contributed by atoms with Crippen molar-refractivity contribution in [2.45, 2.75) is 37.5 Å². The molecule has 0 radical (unpaired) electrons. The van der Waals surface area contributed by atoms with E-state index in [2.05, 4.69) is 31.2 Å². The van der Waals surface area contributed by atoms with Crippen LogP contribution in [0.25, 0.3) is 0 Å². The molecule has 1 aromatic carbocycles. The number of thioether (sulfide) groups is 1. The Morgan fingerprint density at radius 2 is 2.22 bits per heavy atom. The molecule has 0 aliphatic heterocycles. The van der Waals surface area contributed by atoms with E-state index in [1.165, 1.54) is 24.0 Å². The zero-order valence-corrected chi connectivity index (χ0v) is 11.8. The minimum Gasteiger partial charge on any atom is -0.396 e. The molecular formula is C15H23NOS. The maximum Gasteiger partial charge on any atom is 0.0464 e. The van der Waals surface area contributed by atoms with Crippen molar-refractivity contribution >= 4 is 11.8 Å². The fraction of sp³-hybridized carbons (Fsp3) is 0.600. The molecular weight excluding hydrogens is 242 g/mol. The molecule has 0 bridgehead atoms. The third-order valence-electron chi connectivity index (χ3n) is 3.66. The predicted molar refractivity (Wildman–Crippen MR) is 78.8 cm³/mol. The summed E-state index contributed by atoms with van der Waals surface area (Å²) in [7, 11) is 0. The van der Waals surface area contributed by atoms with Crippen LogP contribution in [-0.4, -0.2) is 22.7 Å². The number of fused-ring (bicyclic) bond motifs is 1. The molecule has 0 aromatic heterocycles. The van der Waals surface area contributed by atoms with Gasteiger partial charge in [0.05, 0.1) is 0 Å². The zero-order chi connectivity index (χ0) is 13.0. The van der Waals surface area contributed by atoms with E-state index < -0.39 is 0 Å². The van der Waals surface area contributed by atoms with E-state index in [1.54, 1.807) is 0 Å². The lowest BCUT2D eigenvalue weighted by molar-refractivity contribution is 0.250. The lowest BCUT2D eigenvalue weighted by atomic mass is 10.00. The fourth-order valence-electron chi connectivity index (χ4n) is 2.49. The van der Waals surface area contributed by atoms with Gasteiger partial charge in [-0.2, -0.15) is 11.8 Å². The molecule has 1 aromatic rings. The first-order chi connectivity index (χ1) is 8.72. The van der Waals surface area contributed by atoms with Crippen molar-refractivity contribution in [2.75, 3.05) is 12.4 Å². The van der Waals surface area contributed by atoms with Crippen LogP contribution in [0, 0.1) is 5.92 Å². The van der Waals surface area contributed by atoms with Crippen molar-refractivity contribution < 1.29 is 5.11 Å². The van der Waals surface area contributed by atoms with Crippen molar-refractivity contribution in [2.24, 2.45) is 11.7 Å². The number of nitrogens with two attached hydrogens (primary N) is 1. The van der Waals surface area contributed by atoms with Crippen molar-refractivity contribution in [1.29, 1.82) is 0 Å². The predicted octanol–water partition coefficient (Wildman–Crippen LogP) is 2.75. The summed E-state index contributed by atoms with van der Waals surface area (Å²) in [6, 6.07) is 8.71. The molecule has 18 heavy (non-hydrogen) atoms. The highest BCUT2D eigenvalue weighted by molar-refractivity contribution is 7.99. The van der Waals surface area contributed by atoms with Crippen molar-refractivity contribution in [1.82, 2.24) is 0 Å². The summed E-state index contributed by atoms with van der Waals surface area (Å²) in [5, 5.41) is 9.59. The molecule has 3 heteroatoms.